The maximum atomic E-state index is 13.3. The van der Waals surface area contributed by atoms with Crippen LogP contribution in [0.25, 0.3) is 11.1 Å². The number of carbonyl (C=O) groups is 2. The predicted octanol–water partition coefficient (Wildman–Crippen LogP) is 6.46. The van der Waals surface area contributed by atoms with Gasteiger partial charge in [0, 0.05) is 33.4 Å². The number of hydrogen-bond donors (Lipinski definition) is 2. The molecule has 0 unspecified atom stereocenters. The van der Waals surface area contributed by atoms with Gasteiger partial charge in [-0.2, -0.15) is 0 Å². The molecule has 10 heteroatoms. The van der Waals surface area contributed by atoms with Crippen LogP contribution in [0.3, 0.4) is 0 Å². The highest BCUT2D eigenvalue weighted by atomic mass is 16.7. The molecule has 0 atom stereocenters. The van der Waals surface area contributed by atoms with Crippen LogP contribution in [0.1, 0.15) is 76.1 Å². The predicted molar refractivity (Wildman–Crippen MR) is 192 cm³/mol. The van der Waals surface area contributed by atoms with Crippen LogP contribution in [0.5, 0.6) is 0 Å². The van der Waals surface area contributed by atoms with Crippen LogP contribution in [0, 0.1) is 0 Å². The van der Waals surface area contributed by atoms with Crippen LogP contribution >= 0.6 is 0 Å². The van der Waals surface area contributed by atoms with Crippen molar-refractivity contribution in [1.82, 2.24) is 0 Å². The third kappa shape index (κ3) is 6.45. The lowest BCUT2D eigenvalue weighted by Gasteiger charge is -2.32. The van der Waals surface area contributed by atoms with Crippen molar-refractivity contribution in [3.8, 4) is 11.1 Å². The SMILES string of the molecule is CC1(C)OB(c2ccccc2NC(=O)c2ccc(-c3ccc(C(=O)Nc4ccccc4B4OC(C)(C)C(C)(C)O4)cc3)cc2)OC1(C)C. The molecule has 0 saturated carbocycles. The smallest absolute Gasteiger partial charge is 0.399 e. The maximum absolute atomic E-state index is 13.3. The van der Waals surface area contributed by atoms with Gasteiger partial charge in [-0.15, -0.1) is 0 Å². The first-order valence-electron chi connectivity index (χ1n) is 16.3. The Balaban J connectivity index is 1.11. The van der Waals surface area contributed by atoms with Gasteiger partial charge in [-0.05, 0) is 103 Å². The van der Waals surface area contributed by atoms with Gasteiger partial charge in [0.25, 0.3) is 11.8 Å². The van der Waals surface area contributed by atoms with Crippen LogP contribution in [-0.2, 0) is 18.6 Å². The fourth-order valence-corrected chi connectivity index (χ4v) is 5.59. The molecule has 0 radical (unpaired) electrons. The van der Waals surface area contributed by atoms with Gasteiger partial charge in [-0.25, -0.2) is 0 Å². The summed E-state index contributed by atoms with van der Waals surface area (Å²) in [6.07, 6.45) is 0. The van der Waals surface area contributed by atoms with Crippen molar-refractivity contribution in [2.24, 2.45) is 0 Å². The highest BCUT2D eigenvalue weighted by molar-refractivity contribution is 6.64. The molecule has 8 nitrogen and oxygen atoms in total. The number of nitrogens with one attached hydrogen (secondary N) is 2. The molecule has 48 heavy (non-hydrogen) atoms. The Morgan fingerprint density at radius 2 is 0.750 bits per heavy atom. The van der Waals surface area contributed by atoms with E-state index in [1.54, 1.807) is 24.3 Å². The highest BCUT2D eigenvalue weighted by Gasteiger charge is 2.53. The lowest BCUT2D eigenvalue weighted by molar-refractivity contribution is 0.00578. The zero-order valence-electron chi connectivity index (χ0n) is 28.8. The second-order valence-corrected chi connectivity index (χ2v) is 14.4. The molecule has 2 N–H and O–H groups in total. The first-order valence-corrected chi connectivity index (χ1v) is 16.3. The zero-order valence-corrected chi connectivity index (χ0v) is 28.8. The molecule has 2 heterocycles. The third-order valence-electron chi connectivity index (χ3n) is 10.1. The minimum atomic E-state index is -0.594. The van der Waals surface area contributed by atoms with E-state index in [1.165, 1.54) is 0 Å². The molecule has 6 rings (SSSR count). The maximum Gasteiger partial charge on any atom is 0.496 e. The first kappa shape index (κ1) is 33.7. The van der Waals surface area contributed by atoms with Gasteiger partial charge < -0.3 is 29.3 Å². The number of carbonyl (C=O) groups excluding carboxylic acids is 2. The van der Waals surface area contributed by atoms with E-state index >= 15 is 0 Å². The second kappa shape index (κ2) is 12.3. The highest BCUT2D eigenvalue weighted by Crippen LogP contribution is 2.38. The van der Waals surface area contributed by atoms with E-state index in [9.17, 15) is 9.59 Å². The monoisotopic (exact) mass is 644 g/mol. The quantitative estimate of drug-likeness (QED) is 0.225. The van der Waals surface area contributed by atoms with Crippen LogP contribution in [0.15, 0.2) is 97.1 Å². The molecule has 0 spiro atoms. The normalized spacial score (nSPS) is 18.8. The van der Waals surface area contributed by atoms with Crippen LogP contribution in [-0.4, -0.2) is 48.5 Å². The summed E-state index contributed by atoms with van der Waals surface area (Å²) in [6.45, 7) is 16.0. The fraction of sp³-hybridized carbons (Fsp3) is 0.316. The summed E-state index contributed by atoms with van der Waals surface area (Å²) >= 11 is 0. The molecular weight excluding hydrogens is 602 g/mol. The molecule has 2 saturated heterocycles. The van der Waals surface area contributed by atoms with Gasteiger partial charge in [0.2, 0.25) is 0 Å². The lowest BCUT2D eigenvalue weighted by atomic mass is 9.77. The summed E-state index contributed by atoms with van der Waals surface area (Å²) in [5, 5.41) is 6.06. The van der Waals surface area contributed by atoms with E-state index in [4.69, 9.17) is 18.6 Å². The van der Waals surface area contributed by atoms with E-state index < -0.39 is 36.6 Å². The van der Waals surface area contributed by atoms with Crippen molar-refractivity contribution in [3.63, 3.8) is 0 Å². The van der Waals surface area contributed by atoms with Crippen molar-refractivity contribution in [1.29, 1.82) is 0 Å². The molecule has 0 bridgehead atoms. The number of amides is 2. The molecule has 2 aliphatic heterocycles. The first-order chi connectivity index (χ1) is 22.6. The molecule has 0 aromatic heterocycles. The van der Waals surface area contributed by atoms with E-state index in [-0.39, 0.29) is 11.8 Å². The van der Waals surface area contributed by atoms with Crippen molar-refractivity contribution in [2.75, 3.05) is 10.6 Å². The van der Waals surface area contributed by atoms with E-state index in [2.05, 4.69) is 10.6 Å². The van der Waals surface area contributed by atoms with Crippen molar-refractivity contribution in [2.45, 2.75) is 77.8 Å². The van der Waals surface area contributed by atoms with Crippen LogP contribution in [0.2, 0.25) is 0 Å². The third-order valence-corrected chi connectivity index (χ3v) is 10.1. The second-order valence-electron chi connectivity index (χ2n) is 14.4. The molecule has 4 aromatic rings. The van der Waals surface area contributed by atoms with Crippen molar-refractivity contribution in [3.05, 3.63) is 108 Å². The Kier molecular flexibility index (Phi) is 8.67. The van der Waals surface area contributed by atoms with Crippen LogP contribution < -0.4 is 21.6 Å². The van der Waals surface area contributed by atoms with E-state index in [0.29, 0.717) is 22.5 Å². The van der Waals surface area contributed by atoms with Gasteiger partial charge in [-0.1, -0.05) is 60.7 Å². The summed E-state index contributed by atoms with van der Waals surface area (Å²) in [7, 11) is -1.19. The van der Waals surface area contributed by atoms with Gasteiger partial charge in [0.05, 0.1) is 22.4 Å². The van der Waals surface area contributed by atoms with E-state index in [1.807, 2.05) is 128 Å². The van der Waals surface area contributed by atoms with E-state index in [0.717, 1.165) is 22.1 Å². The minimum absolute atomic E-state index is 0.238. The summed E-state index contributed by atoms with van der Waals surface area (Å²) in [4.78, 5) is 26.5. The minimum Gasteiger partial charge on any atom is -0.399 e. The fourth-order valence-electron chi connectivity index (χ4n) is 5.59. The van der Waals surface area contributed by atoms with Gasteiger partial charge in [0.15, 0.2) is 0 Å². The van der Waals surface area contributed by atoms with Gasteiger partial charge in [0.1, 0.15) is 0 Å². The molecule has 246 valence electrons. The zero-order chi connectivity index (χ0) is 34.5. The molecule has 2 amide bonds. The Hall–Kier alpha value is -4.21. The van der Waals surface area contributed by atoms with Crippen molar-refractivity contribution >= 4 is 48.4 Å². The molecular formula is C38H42B2N2O6. The summed E-state index contributed by atoms with van der Waals surface area (Å²) < 4.78 is 24.9. The summed E-state index contributed by atoms with van der Waals surface area (Å²) in [5.74, 6) is -0.475. The average molecular weight is 644 g/mol. The van der Waals surface area contributed by atoms with Gasteiger partial charge in [-0.3, -0.25) is 9.59 Å². The largest absolute Gasteiger partial charge is 0.496 e. The molecule has 2 aliphatic rings. The lowest BCUT2D eigenvalue weighted by Crippen LogP contribution is -2.41. The molecule has 2 fully saturated rings. The Morgan fingerprint density at radius 3 is 1.06 bits per heavy atom. The Bertz CT molecular complexity index is 1670. The number of anilines is 2. The number of benzene rings is 4. The standard InChI is InChI=1S/C38H42B2N2O6/c1-35(2)36(3,4)46-39(45-35)29-13-9-11-15-31(29)41-33(43)27-21-17-25(18-22-27)26-19-23-28(24-20-26)34(44)42-32-16-12-10-14-30(32)40-47-37(5,6)38(7,8)48-40/h9-24H,1-8H3,(H,41,43)(H,42,44). The Morgan fingerprint density at radius 1 is 0.458 bits per heavy atom. The van der Waals surface area contributed by atoms with Gasteiger partial charge >= 0.3 is 14.2 Å². The Labute approximate surface area is 283 Å². The number of rotatable bonds is 7. The topological polar surface area (TPSA) is 95.1 Å². The number of para-hydroxylation sites is 2. The average Bonchev–Trinajstić information content (AvgIpc) is 3.40. The summed E-state index contributed by atoms with van der Waals surface area (Å²) in [5.41, 5.74) is 3.70. The number of hydrogen-bond acceptors (Lipinski definition) is 6. The molecule has 0 aliphatic carbocycles. The molecule has 4 aromatic carbocycles. The van der Waals surface area contributed by atoms with Crippen molar-refractivity contribution < 1.29 is 28.2 Å². The summed E-state index contributed by atoms with van der Waals surface area (Å²) in [6, 6.07) is 29.8. The van der Waals surface area contributed by atoms with Crippen LogP contribution in [0.4, 0.5) is 11.4 Å².